The number of nitro groups is 1. The smallest absolute Gasteiger partial charge is 0.413 e. The molecule has 0 aromatic heterocycles. The predicted molar refractivity (Wildman–Crippen MR) is 115 cm³/mol. The number of ether oxygens (including phenoxy) is 2. The van der Waals surface area contributed by atoms with E-state index in [2.05, 4.69) is 10.6 Å². The van der Waals surface area contributed by atoms with Crippen molar-refractivity contribution in [3.05, 3.63) is 69.8 Å². The molecule has 11 nitrogen and oxygen atoms in total. The fourth-order valence-electron chi connectivity index (χ4n) is 2.61. The van der Waals surface area contributed by atoms with Gasteiger partial charge in [0, 0.05) is 12.1 Å². The molecule has 11 heteroatoms. The van der Waals surface area contributed by atoms with Gasteiger partial charge in [-0.3, -0.25) is 20.8 Å². The minimum atomic E-state index is -1.38. The van der Waals surface area contributed by atoms with E-state index in [9.17, 15) is 19.7 Å². The van der Waals surface area contributed by atoms with E-state index in [4.69, 9.17) is 20.0 Å². The zero-order valence-electron chi connectivity index (χ0n) is 17.7. The Bertz CT molecular complexity index is 1000. The molecule has 2 aromatic carbocycles. The summed E-state index contributed by atoms with van der Waals surface area (Å²) in [4.78, 5) is 33.5. The number of nitrogens with zero attached hydrogens (tertiary/aromatic N) is 1. The van der Waals surface area contributed by atoms with Crippen LogP contribution in [0.25, 0.3) is 0 Å². The van der Waals surface area contributed by atoms with Crippen molar-refractivity contribution in [2.75, 3.05) is 0 Å². The van der Waals surface area contributed by atoms with Gasteiger partial charge in [-0.15, -0.1) is 0 Å². The molecule has 2 rings (SSSR count). The molecule has 0 heterocycles. The highest BCUT2D eigenvalue weighted by molar-refractivity contribution is 5.98. The molecule has 0 aliphatic heterocycles. The van der Waals surface area contributed by atoms with E-state index in [1.807, 2.05) is 0 Å². The van der Waals surface area contributed by atoms with Crippen molar-refractivity contribution in [3.63, 3.8) is 0 Å². The topological polar surface area (TPSA) is 164 Å². The number of alkyl carbamates (subject to hydrolysis) is 1. The Morgan fingerprint density at radius 1 is 1.19 bits per heavy atom. The molecule has 0 aliphatic rings. The summed E-state index contributed by atoms with van der Waals surface area (Å²) in [6.45, 7) is 5.08. The number of carbonyl (C=O) groups is 2. The number of hydrogen-bond acceptors (Lipinski definition) is 7. The van der Waals surface area contributed by atoms with Gasteiger partial charge < -0.3 is 19.9 Å². The first-order valence-corrected chi connectivity index (χ1v) is 9.48. The van der Waals surface area contributed by atoms with Gasteiger partial charge in [0.2, 0.25) is 0 Å². The van der Waals surface area contributed by atoms with E-state index in [1.165, 1.54) is 24.3 Å². The summed E-state index contributed by atoms with van der Waals surface area (Å²) in [6.07, 6.45) is -2.26. The second-order valence-electron chi connectivity index (χ2n) is 7.71. The molecule has 1 unspecified atom stereocenters. The van der Waals surface area contributed by atoms with E-state index in [0.29, 0.717) is 16.9 Å². The van der Waals surface area contributed by atoms with Crippen molar-refractivity contribution >= 4 is 23.7 Å². The standard InChI is InChI=1S/C21H24N4O7/c1-21(2,3)32-20(28)24-18(22)17(23-19(26)27)14-7-9-16(10-8-14)31-12-13-5-4-6-15(11-13)25(29)30/h4-11,17,23H,12H2,1-3H3,(H,26,27)(H2,22,24,28). The molecule has 0 spiro atoms. The molecule has 0 saturated carbocycles. The normalized spacial score (nSPS) is 11.7. The first-order chi connectivity index (χ1) is 14.9. The zero-order valence-corrected chi connectivity index (χ0v) is 17.7. The van der Waals surface area contributed by atoms with Gasteiger partial charge in [-0.1, -0.05) is 24.3 Å². The number of nitro benzene ring substituents is 1. The van der Waals surface area contributed by atoms with E-state index < -0.39 is 34.6 Å². The van der Waals surface area contributed by atoms with E-state index in [1.54, 1.807) is 45.0 Å². The van der Waals surface area contributed by atoms with Crippen LogP contribution in [0, 0.1) is 15.5 Å². The molecular weight excluding hydrogens is 420 g/mol. The average molecular weight is 444 g/mol. The minimum Gasteiger partial charge on any atom is -0.489 e. The molecule has 0 aliphatic carbocycles. The lowest BCUT2D eigenvalue weighted by atomic mass is 10.1. The molecule has 0 saturated heterocycles. The maximum absolute atomic E-state index is 11.9. The molecule has 2 aromatic rings. The Morgan fingerprint density at radius 3 is 2.41 bits per heavy atom. The second-order valence-corrected chi connectivity index (χ2v) is 7.71. The third-order valence-electron chi connectivity index (χ3n) is 3.93. The second kappa shape index (κ2) is 10.2. The number of amidine groups is 1. The molecule has 0 fully saturated rings. The van der Waals surface area contributed by atoms with Crippen LogP contribution in [-0.2, 0) is 11.3 Å². The molecule has 32 heavy (non-hydrogen) atoms. The third-order valence-corrected chi connectivity index (χ3v) is 3.93. The van der Waals surface area contributed by atoms with E-state index >= 15 is 0 Å². The summed E-state index contributed by atoms with van der Waals surface area (Å²) in [7, 11) is 0. The fourth-order valence-corrected chi connectivity index (χ4v) is 2.61. The number of rotatable bonds is 7. The number of carboxylic acid groups (broad SMARTS) is 1. The molecule has 1 atom stereocenters. The van der Waals surface area contributed by atoms with Crippen LogP contribution >= 0.6 is 0 Å². The summed E-state index contributed by atoms with van der Waals surface area (Å²) in [5.74, 6) is 0.0212. The van der Waals surface area contributed by atoms with Gasteiger partial charge in [0.05, 0.1) is 4.92 Å². The maximum Gasteiger partial charge on any atom is 0.413 e. The minimum absolute atomic E-state index is 0.0416. The monoisotopic (exact) mass is 444 g/mol. The molecule has 170 valence electrons. The summed E-state index contributed by atoms with van der Waals surface area (Å²) in [6, 6.07) is 11.1. The van der Waals surface area contributed by atoms with Crippen LogP contribution in [-0.4, -0.2) is 33.7 Å². The van der Waals surface area contributed by atoms with Gasteiger partial charge in [0.1, 0.15) is 29.8 Å². The average Bonchev–Trinajstić information content (AvgIpc) is 2.69. The van der Waals surface area contributed by atoms with E-state index in [0.717, 1.165) is 0 Å². The molecule has 0 radical (unpaired) electrons. The summed E-state index contributed by atoms with van der Waals surface area (Å²) in [5, 5.41) is 32.5. The molecule has 2 amide bonds. The van der Waals surface area contributed by atoms with Gasteiger partial charge in [-0.05, 0) is 44.0 Å². The number of carbonyl (C=O) groups excluding carboxylic acids is 1. The Balaban J connectivity index is 2.08. The highest BCUT2D eigenvalue weighted by Crippen LogP contribution is 2.21. The molecule has 4 N–H and O–H groups in total. The van der Waals surface area contributed by atoms with Gasteiger partial charge in [0.15, 0.2) is 0 Å². The lowest BCUT2D eigenvalue weighted by Gasteiger charge is -2.23. The van der Waals surface area contributed by atoms with Crippen molar-refractivity contribution < 1.29 is 29.1 Å². The first kappa shape index (κ1) is 24.1. The highest BCUT2D eigenvalue weighted by atomic mass is 16.6. The number of nitrogens with one attached hydrogen (secondary N) is 3. The van der Waals surface area contributed by atoms with E-state index in [-0.39, 0.29) is 12.3 Å². The first-order valence-electron chi connectivity index (χ1n) is 9.48. The summed E-state index contributed by atoms with van der Waals surface area (Å²) >= 11 is 0. The Labute approximate surface area is 184 Å². The summed E-state index contributed by atoms with van der Waals surface area (Å²) in [5.41, 5.74) is 0.173. The molecular formula is C21H24N4O7. The van der Waals surface area contributed by atoms with Crippen molar-refractivity contribution in [1.29, 1.82) is 5.41 Å². The van der Waals surface area contributed by atoms with Crippen LogP contribution in [0.1, 0.15) is 37.9 Å². The van der Waals surface area contributed by atoms with Crippen LogP contribution in [0.15, 0.2) is 48.5 Å². The summed E-state index contributed by atoms with van der Waals surface area (Å²) < 4.78 is 10.7. The number of benzene rings is 2. The Morgan fingerprint density at radius 2 is 1.84 bits per heavy atom. The zero-order chi connectivity index (χ0) is 23.9. The van der Waals surface area contributed by atoms with Gasteiger partial charge in [-0.25, -0.2) is 9.59 Å². The highest BCUT2D eigenvalue weighted by Gasteiger charge is 2.24. The lowest BCUT2D eigenvalue weighted by Crippen LogP contribution is -2.43. The van der Waals surface area contributed by atoms with Crippen molar-refractivity contribution in [1.82, 2.24) is 10.6 Å². The Hall–Kier alpha value is -4.15. The van der Waals surface area contributed by atoms with Crippen molar-refractivity contribution in [3.8, 4) is 5.75 Å². The SMILES string of the molecule is CC(C)(C)OC(=O)NC(=N)C(NC(=O)O)c1ccc(OCc2cccc([N+](=O)[O-])c2)cc1. The fraction of sp³-hybridized carbons (Fsp3) is 0.286. The lowest BCUT2D eigenvalue weighted by molar-refractivity contribution is -0.384. The number of non-ortho nitro benzene ring substituents is 1. The Kier molecular flexibility index (Phi) is 7.72. The van der Waals surface area contributed by atoms with Crippen molar-refractivity contribution in [2.24, 2.45) is 0 Å². The third kappa shape index (κ3) is 7.59. The quantitative estimate of drug-likeness (QED) is 0.217. The van der Waals surface area contributed by atoms with Crippen LogP contribution in [0.5, 0.6) is 5.75 Å². The van der Waals surface area contributed by atoms with Crippen LogP contribution in [0.2, 0.25) is 0 Å². The number of hydrogen-bond donors (Lipinski definition) is 4. The predicted octanol–water partition coefficient (Wildman–Crippen LogP) is 3.98. The van der Waals surface area contributed by atoms with Crippen LogP contribution in [0.3, 0.4) is 0 Å². The number of amides is 2. The van der Waals surface area contributed by atoms with Crippen LogP contribution < -0.4 is 15.4 Å². The van der Waals surface area contributed by atoms with Gasteiger partial charge in [-0.2, -0.15) is 0 Å². The molecule has 0 bridgehead atoms. The van der Waals surface area contributed by atoms with Gasteiger partial charge >= 0.3 is 12.2 Å². The van der Waals surface area contributed by atoms with Gasteiger partial charge in [0.25, 0.3) is 5.69 Å². The maximum atomic E-state index is 11.9. The van der Waals surface area contributed by atoms with Crippen LogP contribution in [0.4, 0.5) is 15.3 Å². The largest absolute Gasteiger partial charge is 0.489 e. The van der Waals surface area contributed by atoms with Crippen molar-refractivity contribution in [2.45, 2.75) is 39.0 Å².